The molecule has 0 atom stereocenters. The number of aromatic nitrogens is 3. The second kappa shape index (κ2) is 8.97. The zero-order valence-electron chi connectivity index (χ0n) is 16.4. The Morgan fingerprint density at radius 1 is 0.828 bits per heavy atom. The van der Waals surface area contributed by atoms with Crippen LogP contribution in [0.3, 0.4) is 0 Å². The summed E-state index contributed by atoms with van der Waals surface area (Å²) in [4.78, 5) is 15.7. The fraction of sp³-hybridized carbons (Fsp3) is 0.125. The number of nitrogens with one attached hydrogen (secondary N) is 1. The first-order valence-electron chi connectivity index (χ1n) is 9.64. The van der Waals surface area contributed by atoms with E-state index >= 15 is 0 Å². The minimum absolute atomic E-state index is 0.693. The van der Waals surface area contributed by atoms with Crippen LogP contribution in [0.15, 0.2) is 91.3 Å². The van der Waals surface area contributed by atoms with E-state index in [2.05, 4.69) is 27.3 Å². The Labute approximate surface area is 171 Å². The summed E-state index contributed by atoms with van der Waals surface area (Å²) in [5.74, 6) is 1.47. The summed E-state index contributed by atoms with van der Waals surface area (Å²) in [5, 5.41) is 3.40. The van der Waals surface area contributed by atoms with Gasteiger partial charge in [-0.25, -0.2) is 4.98 Å². The van der Waals surface area contributed by atoms with Crippen molar-refractivity contribution in [2.45, 2.75) is 6.42 Å². The van der Waals surface area contributed by atoms with E-state index in [0.717, 1.165) is 35.7 Å². The summed E-state index contributed by atoms with van der Waals surface area (Å²) in [6.07, 6.45) is 4.55. The highest BCUT2D eigenvalue weighted by Gasteiger charge is 2.11. The van der Waals surface area contributed by atoms with Gasteiger partial charge in [-0.1, -0.05) is 48.5 Å². The summed E-state index contributed by atoms with van der Waals surface area (Å²) in [5.41, 5.74) is 4.20. The Morgan fingerprint density at radius 3 is 2.24 bits per heavy atom. The van der Waals surface area contributed by atoms with Crippen LogP contribution in [0.5, 0.6) is 0 Å². The van der Waals surface area contributed by atoms with Gasteiger partial charge in [0.15, 0.2) is 0 Å². The first-order chi connectivity index (χ1) is 14.3. The molecule has 5 heteroatoms. The van der Waals surface area contributed by atoms with Crippen molar-refractivity contribution in [1.82, 2.24) is 15.0 Å². The molecule has 0 fully saturated rings. The van der Waals surface area contributed by atoms with E-state index in [1.54, 1.807) is 0 Å². The van der Waals surface area contributed by atoms with Crippen LogP contribution in [0.4, 0.5) is 17.5 Å². The standard InChI is InChI=1S/C24H23N5/c1-29(17-14-19-12-15-25-16-13-19)24-27-22(20-8-4-2-5-9-20)18-23(28-24)26-21-10-6-3-7-11-21/h2-13,15-16,18H,14,17H2,1H3,(H,26,27,28). The van der Waals surface area contributed by atoms with E-state index in [4.69, 9.17) is 9.97 Å². The first kappa shape index (κ1) is 18.6. The minimum Gasteiger partial charge on any atom is -0.343 e. The largest absolute Gasteiger partial charge is 0.343 e. The monoisotopic (exact) mass is 381 g/mol. The van der Waals surface area contributed by atoms with Gasteiger partial charge in [-0.3, -0.25) is 4.98 Å². The van der Waals surface area contributed by atoms with Crippen molar-refractivity contribution in [3.05, 3.63) is 96.8 Å². The van der Waals surface area contributed by atoms with Crippen molar-refractivity contribution < 1.29 is 0 Å². The first-order valence-corrected chi connectivity index (χ1v) is 9.64. The third kappa shape index (κ3) is 4.96. The maximum atomic E-state index is 4.82. The van der Waals surface area contributed by atoms with Gasteiger partial charge in [0.05, 0.1) is 5.69 Å². The summed E-state index contributed by atoms with van der Waals surface area (Å²) in [6.45, 7) is 0.813. The van der Waals surface area contributed by atoms with Crippen molar-refractivity contribution in [3.63, 3.8) is 0 Å². The molecule has 2 aromatic carbocycles. The van der Waals surface area contributed by atoms with Gasteiger partial charge in [-0.15, -0.1) is 0 Å². The molecule has 4 aromatic rings. The Kier molecular flexibility index (Phi) is 5.76. The average molecular weight is 381 g/mol. The zero-order valence-corrected chi connectivity index (χ0v) is 16.4. The molecule has 0 aliphatic heterocycles. The number of rotatable bonds is 7. The van der Waals surface area contributed by atoms with Crippen LogP contribution < -0.4 is 10.2 Å². The van der Waals surface area contributed by atoms with E-state index < -0.39 is 0 Å². The predicted molar refractivity (Wildman–Crippen MR) is 118 cm³/mol. The van der Waals surface area contributed by atoms with E-state index in [0.29, 0.717) is 5.95 Å². The second-order valence-corrected chi connectivity index (χ2v) is 6.82. The predicted octanol–water partition coefficient (Wildman–Crippen LogP) is 4.96. The third-order valence-electron chi connectivity index (χ3n) is 4.66. The van der Waals surface area contributed by atoms with E-state index in [9.17, 15) is 0 Å². The highest BCUT2D eigenvalue weighted by molar-refractivity contribution is 5.67. The highest BCUT2D eigenvalue weighted by Crippen LogP contribution is 2.24. The number of hydrogen-bond donors (Lipinski definition) is 1. The number of pyridine rings is 1. The van der Waals surface area contributed by atoms with Crippen LogP contribution in [0.25, 0.3) is 11.3 Å². The van der Waals surface area contributed by atoms with Crippen LogP contribution in [0.1, 0.15) is 5.56 Å². The smallest absolute Gasteiger partial charge is 0.227 e. The van der Waals surface area contributed by atoms with Gasteiger partial charge in [0.1, 0.15) is 5.82 Å². The van der Waals surface area contributed by atoms with Crippen molar-refractivity contribution >= 4 is 17.5 Å². The molecule has 0 bridgehead atoms. The topological polar surface area (TPSA) is 53.9 Å². The van der Waals surface area contributed by atoms with E-state index in [1.807, 2.05) is 86.2 Å². The van der Waals surface area contributed by atoms with Crippen LogP contribution in [0.2, 0.25) is 0 Å². The fourth-order valence-corrected chi connectivity index (χ4v) is 3.04. The van der Waals surface area contributed by atoms with Gasteiger partial charge in [0, 0.05) is 43.3 Å². The third-order valence-corrected chi connectivity index (χ3v) is 4.66. The Morgan fingerprint density at radius 2 is 1.52 bits per heavy atom. The molecule has 1 N–H and O–H groups in total. The number of nitrogens with zero attached hydrogens (tertiary/aromatic N) is 4. The normalized spacial score (nSPS) is 10.5. The van der Waals surface area contributed by atoms with Crippen LogP contribution in [-0.4, -0.2) is 28.5 Å². The van der Waals surface area contributed by atoms with Crippen LogP contribution in [-0.2, 0) is 6.42 Å². The quantitative estimate of drug-likeness (QED) is 0.490. The number of likely N-dealkylation sites (N-methyl/N-ethyl adjacent to an activating group) is 1. The van der Waals surface area contributed by atoms with Gasteiger partial charge < -0.3 is 10.2 Å². The molecule has 0 aliphatic rings. The van der Waals surface area contributed by atoms with Gasteiger partial charge in [-0.05, 0) is 36.2 Å². The Balaban J connectivity index is 1.61. The zero-order chi connectivity index (χ0) is 19.9. The fourth-order valence-electron chi connectivity index (χ4n) is 3.04. The Bertz CT molecular complexity index is 1040. The lowest BCUT2D eigenvalue weighted by Gasteiger charge is -2.19. The summed E-state index contributed by atoms with van der Waals surface area (Å²) < 4.78 is 0. The summed E-state index contributed by atoms with van der Waals surface area (Å²) >= 11 is 0. The minimum atomic E-state index is 0.693. The Hall–Kier alpha value is -3.73. The lowest BCUT2D eigenvalue weighted by molar-refractivity contribution is 0.838. The SMILES string of the molecule is CN(CCc1ccncc1)c1nc(Nc2ccccc2)cc(-c2ccccc2)n1. The molecule has 0 saturated heterocycles. The molecule has 5 nitrogen and oxygen atoms in total. The average Bonchev–Trinajstić information content (AvgIpc) is 2.79. The van der Waals surface area contributed by atoms with Gasteiger partial charge >= 0.3 is 0 Å². The summed E-state index contributed by atoms with van der Waals surface area (Å²) in [6, 6.07) is 26.3. The van der Waals surface area contributed by atoms with Crippen molar-refractivity contribution in [2.24, 2.45) is 0 Å². The maximum Gasteiger partial charge on any atom is 0.227 e. The lowest BCUT2D eigenvalue weighted by atomic mass is 10.1. The molecule has 2 aromatic heterocycles. The van der Waals surface area contributed by atoms with Gasteiger partial charge in [0.25, 0.3) is 0 Å². The molecule has 4 rings (SSSR count). The molecular formula is C24H23N5. The molecular weight excluding hydrogens is 358 g/mol. The van der Waals surface area contributed by atoms with Crippen molar-refractivity contribution in [2.75, 3.05) is 23.8 Å². The van der Waals surface area contributed by atoms with E-state index in [1.165, 1.54) is 5.56 Å². The van der Waals surface area contributed by atoms with E-state index in [-0.39, 0.29) is 0 Å². The van der Waals surface area contributed by atoms with Crippen molar-refractivity contribution in [3.8, 4) is 11.3 Å². The maximum absolute atomic E-state index is 4.82. The van der Waals surface area contributed by atoms with Gasteiger partial charge in [0.2, 0.25) is 5.95 Å². The molecule has 29 heavy (non-hydrogen) atoms. The summed E-state index contributed by atoms with van der Waals surface area (Å²) in [7, 11) is 2.03. The number of benzene rings is 2. The number of para-hydroxylation sites is 1. The molecule has 2 heterocycles. The lowest BCUT2D eigenvalue weighted by Crippen LogP contribution is -2.23. The molecule has 0 amide bonds. The second-order valence-electron chi connectivity index (χ2n) is 6.82. The van der Waals surface area contributed by atoms with Crippen LogP contribution in [0, 0.1) is 0 Å². The molecule has 0 unspecified atom stereocenters. The number of hydrogen-bond acceptors (Lipinski definition) is 5. The van der Waals surface area contributed by atoms with Crippen molar-refractivity contribution in [1.29, 1.82) is 0 Å². The molecule has 0 radical (unpaired) electrons. The molecule has 0 spiro atoms. The highest BCUT2D eigenvalue weighted by atomic mass is 15.2. The molecule has 144 valence electrons. The number of anilines is 3. The molecule has 0 aliphatic carbocycles. The van der Waals surface area contributed by atoms with Gasteiger partial charge in [-0.2, -0.15) is 4.98 Å². The van der Waals surface area contributed by atoms with Crippen LogP contribution >= 0.6 is 0 Å². The molecule has 0 saturated carbocycles.